The van der Waals surface area contributed by atoms with Crippen molar-refractivity contribution in [2.75, 3.05) is 12.3 Å². The van der Waals surface area contributed by atoms with E-state index in [2.05, 4.69) is 29.4 Å². The zero-order chi connectivity index (χ0) is 13.7. The lowest BCUT2D eigenvalue weighted by Gasteiger charge is -2.12. The van der Waals surface area contributed by atoms with Crippen molar-refractivity contribution in [3.63, 3.8) is 0 Å². The Labute approximate surface area is 116 Å². The number of carbonyl (C=O) groups is 1. The molecular formula is C14H17N3OS. The molecule has 2 aromatic rings. The van der Waals surface area contributed by atoms with Crippen LogP contribution < -0.4 is 11.1 Å². The molecular weight excluding hydrogens is 258 g/mol. The van der Waals surface area contributed by atoms with Crippen LogP contribution in [0.3, 0.4) is 0 Å². The fraction of sp³-hybridized carbons (Fsp3) is 0.286. The minimum absolute atomic E-state index is 0.0203. The Balaban J connectivity index is 1.80. The lowest BCUT2D eigenvalue weighted by molar-refractivity contribution is -0.120. The number of carbonyl (C=O) groups excluding carboxylic acids is 1. The van der Waals surface area contributed by atoms with Crippen LogP contribution in [0.4, 0.5) is 5.13 Å². The highest BCUT2D eigenvalue weighted by molar-refractivity contribution is 7.13. The molecule has 0 saturated heterocycles. The molecule has 0 fully saturated rings. The highest BCUT2D eigenvalue weighted by Gasteiger charge is 2.09. The van der Waals surface area contributed by atoms with Gasteiger partial charge in [0.2, 0.25) is 5.91 Å². The Morgan fingerprint density at radius 1 is 1.42 bits per heavy atom. The number of thiazole rings is 1. The SMILES string of the molecule is CC(CNC(=O)Cc1csc(N)n1)c1ccccc1. The Morgan fingerprint density at radius 3 is 2.79 bits per heavy atom. The standard InChI is InChI=1S/C14H17N3OS/c1-10(11-5-3-2-4-6-11)8-16-13(18)7-12-9-19-14(15)17-12/h2-6,9-10H,7-8H2,1H3,(H2,15,17)(H,16,18). The zero-order valence-corrected chi connectivity index (χ0v) is 11.6. The molecule has 1 amide bonds. The highest BCUT2D eigenvalue weighted by Crippen LogP contribution is 2.14. The van der Waals surface area contributed by atoms with Crippen LogP contribution in [0.1, 0.15) is 24.1 Å². The summed E-state index contributed by atoms with van der Waals surface area (Å²) in [5.74, 6) is 0.277. The third-order valence-electron chi connectivity index (χ3n) is 2.89. The maximum absolute atomic E-state index is 11.8. The van der Waals surface area contributed by atoms with Gasteiger partial charge in [0.1, 0.15) is 0 Å². The second-order valence-electron chi connectivity index (χ2n) is 4.47. The Bertz CT molecular complexity index is 539. The molecule has 0 spiro atoms. The molecule has 4 nitrogen and oxygen atoms in total. The van der Waals surface area contributed by atoms with Gasteiger partial charge in [-0.2, -0.15) is 0 Å². The molecule has 1 atom stereocenters. The Morgan fingerprint density at radius 2 is 2.16 bits per heavy atom. The van der Waals surface area contributed by atoms with Crippen LogP contribution in [0.5, 0.6) is 0 Å². The number of nitrogens with zero attached hydrogens (tertiary/aromatic N) is 1. The summed E-state index contributed by atoms with van der Waals surface area (Å²) in [6.45, 7) is 2.72. The fourth-order valence-corrected chi connectivity index (χ4v) is 2.36. The third kappa shape index (κ3) is 4.06. The van der Waals surface area contributed by atoms with Crippen LogP contribution in [-0.4, -0.2) is 17.4 Å². The molecule has 0 bridgehead atoms. The van der Waals surface area contributed by atoms with Gasteiger partial charge in [-0.25, -0.2) is 4.98 Å². The Hall–Kier alpha value is -1.88. The maximum Gasteiger partial charge on any atom is 0.226 e. The number of nitrogens with one attached hydrogen (secondary N) is 1. The van der Waals surface area contributed by atoms with Crippen LogP contribution in [0.15, 0.2) is 35.7 Å². The first kappa shape index (κ1) is 13.5. The fourth-order valence-electron chi connectivity index (χ4n) is 1.80. The zero-order valence-electron chi connectivity index (χ0n) is 10.8. The van der Waals surface area contributed by atoms with Crippen molar-refractivity contribution in [1.82, 2.24) is 10.3 Å². The molecule has 19 heavy (non-hydrogen) atoms. The van der Waals surface area contributed by atoms with Crippen molar-refractivity contribution >= 4 is 22.4 Å². The highest BCUT2D eigenvalue weighted by atomic mass is 32.1. The van der Waals surface area contributed by atoms with E-state index < -0.39 is 0 Å². The van der Waals surface area contributed by atoms with Gasteiger partial charge in [-0.05, 0) is 11.5 Å². The first-order valence-corrected chi connectivity index (χ1v) is 7.04. The molecule has 0 aliphatic heterocycles. The smallest absolute Gasteiger partial charge is 0.226 e. The van der Waals surface area contributed by atoms with Gasteiger partial charge < -0.3 is 11.1 Å². The van der Waals surface area contributed by atoms with Gasteiger partial charge in [-0.15, -0.1) is 11.3 Å². The first-order valence-electron chi connectivity index (χ1n) is 6.16. The predicted molar refractivity (Wildman–Crippen MR) is 78.1 cm³/mol. The number of hydrogen-bond donors (Lipinski definition) is 2. The molecule has 0 radical (unpaired) electrons. The van der Waals surface area contributed by atoms with E-state index in [4.69, 9.17) is 5.73 Å². The minimum Gasteiger partial charge on any atom is -0.375 e. The van der Waals surface area contributed by atoms with Crippen LogP contribution in [-0.2, 0) is 11.2 Å². The van der Waals surface area contributed by atoms with Crippen LogP contribution >= 0.6 is 11.3 Å². The topological polar surface area (TPSA) is 68.0 Å². The lowest BCUT2D eigenvalue weighted by atomic mass is 10.0. The molecule has 2 rings (SSSR count). The average Bonchev–Trinajstić information content (AvgIpc) is 2.82. The summed E-state index contributed by atoms with van der Waals surface area (Å²) < 4.78 is 0. The summed E-state index contributed by atoms with van der Waals surface area (Å²) in [5, 5.41) is 5.24. The first-order chi connectivity index (χ1) is 9.15. The van der Waals surface area contributed by atoms with Gasteiger partial charge in [-0.1, -0.05) is 37.3 Å². The van der Waals surface area contributed by atoms with E-state index in [9.17, 15) is 4.79 Å². The monoisotopic (exact) mass is 275 g/mol. The summed E-state index contributed by atoms with van der Waals surface area (Å²) in [5.41, 5.74) is 7.48. The van der Waals surface area contributed by atoms with Gasteiger partial charge in [0, 0.05) is 11.9 Å². The second-order valence-corrected chi connectivity index (χ2v) is 5.36. The van der Waals surface area contributed by atoms with E-state index in [0.717, 1.165) is 5.69 Å². The predicted octanol–water partition coefficient (Wildman–Crippen LogP) is 2.19. The molecule has 1 heterocycles. The van der Waals surface area contributed by atoms with Crippen LogP contribution in [0.2, 0.25) is 0 Å². The molecule has 1 aromatic heterocycles. The van der Waals surface area contributed by atoms with Gasteiger partial charge in [-0.3, -0.25) is 4.79 Å². The second kappa shape index (κ2) is 6.33. The third-order valence-corrected chi connectivity index (χ3v) is 3.61. The molecule has 0 aliphatic rings. The van der Waals surface area contributed by atoms with Crippen molar-refractivity contribution in [2.24, 2.45) is 0 Å². The number of benzene rings is 1. The van der Waals surface area contributed by atoms with Crippen molar-refractivity contribution in [2.45, 2.75) is 19.3 Å². The van der Waals surface area contributed by atoms with Crippen molar-refractivity contribution in [3.05, 3.63) is 47.0 Å². The van der Waals surface area contributed by atoms with E-state index in [1.807, 2.05) is 23.6 Å². The maximum atomic E-state index is 11.8. The van der Waals surface area contributed by atoms with E-state index in [1.165, 1.54) is 16.9 Å². The van der Waals surface area contributed by atoms with Gasteiger partial charge in [0.05, 0.1) is 12.1 Å². The quantitative estimate of drug-likeness (QED) is 0.879. The summed E-state index contributed by atoms with van der Waals surface area (Å²) in [7, 11) is 0. The molecule has 1 aromatic carbocycles. The number of rotatable bonds is 5. The average molecular weight is 275 g/mol. The van der Waals surface area contributed by atoms with Gasteiger partial charge >= 0.3 is 0 Å². The largest absolute Gasteiger partial charge is 0.375 e. The van der Waals surface area contributed by atoms with E-state index in [1.54, 1.807) is 0 Å². The molecule has 3 N–H and O–H groups in total. The summed E-state index contributed by atoms with van der Waals surface area (Å²) in [6, 6.07) is 10.1. The Kier molecular flexibility index (Phi) is 4.52. The van der Waals surface area contributed by atoms with E-state index in [-0.39, 0.29) is 12.3 Å². The summed E-state index contributed by atoms with van der Waals surface area (Å²) >= 11 is 1.35. The minimum atomic E-state index is -0.0203. The number of amides is 1. The van der Waals surface area contributed by atoms with Gasteiger partial charge in [0.15, 0.2) is 5.13 Å². The molecule has 1 unspecified atom stereocenters. The molecule has 0 aliphatic carbocycles. The molecule has 5 heteroatoms. The van der Waals surface area contributed by atoms with Crippen LogP contribution in [0, 0.1) is 0 Å². The molecule has 100 valence electrons. The normalized spacial score (nSPS) is 12.1. The van der Waals surface area contributed by atoms with Crippen LogP contribution in [0.25, 0.3) is 0 Å². The lowest BCUT2D eigenvalue weighted by Crippen LogP contribution is -2.29. The van der Waals surface area contributed by atoms with Crippen molar-refractivity contribution in [1.29, 1.82) is 0 Å². The number of hydrogen-bond acceptors (Lipinski definition) is 4. The number of nitrogens with two attached hydrogens (primary N) is 1. The summed E-state index contributed by atoms with van der Waals surface area (Å²) in [4.78, 5) is 15.8. The van der Waals surface area contributed by atoms with Crippen molar-refractivity contribution in [3.8, 4) is 0 Å². The number of aromatic nitrogens is 1. The van der Waals surface area contributed by atoms with Gasteiger partial charge in [0.25, 0.3) is 0 Å². The van der Waals surface area contributed by atoms with E-state index >= 15 is 0 Å². The molecule has 0 saturated carbocycles. The number of anilines is 1. The summed E-state index contributed by atoms with van der Waals surface area (Å²) in [6.07, 6.45) is 0.287. The van der Waals surface area contributed by atoms with Crippen molar-refractivity contribution < 1.29 is 4.79 Å². The van der Waals surface area contributed by atoms with E-state index in [0.29, 0.717) is 17.6 Å². The number of nitrogen functional groups attached to an aromatic ring is 1.